The molecule has 1 fully saturated rings. The highest BCUT2D eigenvalue weighted by molar-refractivity contribution is 5.99. The molecule has 6 rings (SSSR count). The molecule has 174 valence electrons. The van der Waals surface area contributed by atoms with Gasteiger partial charge in [-0.15, -0.1) is 0 Å². The van der Waals surface area contributed by atoms with E-state index in [0.717, 1.165) is 39.2 Å². The summed E-state index contributed by atoms with van der Waals surface area (Å²) in [6.45, 7) is 3.34. The molecule has 0 aliphatic carbocycles. The van der Waals surface area contributed by atoms with Gasteiger partial charge in [-0.3, -0.25) is 4.90 Å². The van der Waals surface area contributed by atoms with Crippen molar-refractivity contribution >= 4 is 39.8 Å². The van der Waals surface area contributed by atoms with Crippen molar-refractivity contribution in [2.45, 2.75) is 6.92 Å². The van der Waals surface area contributed by atoms with Crippen molar-refractivity contribution in [2.75, 3.05) is 30.4 Å². The number of hydrogen-bond donors (Lipinski definition) is 1. The van der Waals surface area contributed by atoms with Crippen LogP contribution >= 0.6 is 0 Å². The Morgan fingerprint density at radius 3 is 2.71 bits per heavy atom. The van der Waals surface area contributed by atoms with E-state index in [9.17, 15) is 4.79 Å². The van der Waals surface area contributed by atoms with Crippen molar-refractivity contribution < 1.29 is 9.53 Å². The minimum absolute atomic E-state index is 0.00918. The normalized spacial score (nSPS) is 13.7. The Balaban J connectivity index is 1.27. The lowest BCUT2D eigenvalue weighted by Gasteiger charge is -2.17. The molecule has 1 saturated heterocycles. The van der Waals surface area contributed by atoms with Crippen LogP contribution in [-0.4, -0.2) is 55.6 Å². The SMILES string of the molecule is Cc1cc(Nc2ncnc3ccc(N4CCN(C)C4=O)cc23)ccc1Oc1ccn2ncnc2c1. The van der Waals surface area contributed by atoms with Gasteiger partial charge in [0.15, 0.2) is 5.65 Å². The Kier molecular flexibility index (Phi) is 4.91. The summed E-state index contributed by atoms with van der Waals surface area (Å²) in [5.74, 6) is 2.10. The summed E-state index contributed by atoms with van der Waals surface area (Å²) < 4.78 is 7.76. The molecule has 4 heterocycles. The molecule has 0 spiro atoms. The van der Waals surface area contributed by atoms with Gasteiger partial charge in [-0.2, -0.15) is 5.10 Å². The lowest BCUT2D eigenvalue weighted by atomic mass is 10.1. The van der Waals surface area contributed by atoms with Crippen LogP contribution < -0.4 is 15.0 Å². The number of anilines is 3. The number of likely N-dealkylation sites (N-methyl/N-ethyl adjacent to an activating group) is 1. The van der Waals surface area contributed by atoms with E-state index in [1.807, 2.05) is 68.7 Å². The Labute approximate surface area is 200 Å². The number of ether oxygens (including phenoxy) is 1. The smallest absolute Gasteiger partial charge is 0.324 e. The average molecular weight is 467 g/mol. The van der Waals surface area contributed by atoms with Gasteiger partial charge in [0, 0.05) is 49.2 Å². The van der Waals surface area contributed by atoms with Crippen molar-refractivity contribution in [3.8, 4) is 11.5 Å². The summed E-state index contributed by atoms with van der Waals surface area (Å²) >= 11 is 0. The zero-order valence-corrected chi connectivity index (χ0v) is 19.2. The number of aromatic nitrogens is 5. The third-order valence-corrected chi connectivity index (χ3v) is 6.06. The van der Waals surface area contributed by atoms with E-state index in [4.69, 9.17) is 4.74 Å². The Morgan fingerprint density at radius 2 is 1.89 bits per heavy atom. The van der Waals surface area contributed by atoms with Gasteiger partial charge in [-0.25, -0.2) is 24.3 Å². The maximum absolute atomic E-state index is 12.5. The number of nitrogens with zero attached hydrogens (tertiary/aromatic N) is 7. The van der Waals surface area contributed by atoms with Crippen LogP contribution in [0.5, 0.6) is 11.5 Å². The van der Waals surface area contributed by atoms with Crippen LogP contribution in [0.4, 0.5) is 22.0 Å². The standard InChI is InChI=1S/C25H22N8O2/c1-16-11-17(3-6-22(16)35-19-7-8-33-23(13-19)27-15-29-33)30-24-20-12-18(4-5-21(20)26-14-28-24)32-10-9-31(2)25(32)34/h3-8,11-15H,9-10H2,1-2H3,(H,26,28,30). The van der Waals surface area contributed by atoms with Gasteiger partial charge in [0.2, 0.25) is 0 Å². The maximum atomic E-state index is 12.5. The molecule has 1 N–H and O–H groups in total. The second kappa shape index (κ2) is 8.24. The summed E-state index contributed by atoms with van der Waals surface area (Å²) in [6.07, 6.45) is 4.85. The monoisotopic (exact) mass is 466 g/mol. The molecule has 10 nitrogen and oxygen atoms in total. The number of pyridine rings is 1. The predicted octanol–water partition coefficient (Wildman–Crippen LogP) is 4.39. The summed E-state index contributed by atoms with van der Waals surface area (Å²) in [5, 5.41) is 8.34. The van der Waals surface area contributed by atoms with Gasteiger partial charge in [0.05, 0.1) is 5.52 Å². The van der Waals surface area contributed by atoms with Gasteiger partial charge in [-0.1, -0.05) is 0 Å². The molecule has 35 heavy (non-hydrogen) atoms. The first-order valence-corrected chi connectivity index (χ1v) is 11.2. The molecule has 1 aliphatic rings. The van der Waals surface area contributed by atoms with Gasteiger partial charge in [0.25, 0.3) is 0 Å². The number of amides is 2. The lowest BCUT2D eigenvalue weighted by molar-refractivity contribution is 0.229. The van der Waals surface area contributed by atoms with Crippen molar-refractivity contribution in [1.29, 1.82) is 0 Å². The van der Waals surface area contributed by atoms with E-state index in [-0.39, 0.29) is 6.03 Å². The third kappa shape index (κ3) is 3.84. The summed E-state index contributed by atoms with van der Waals surface area (Å²) in [6, 6.07) is 15.3. The number of nitrogens with one attached hydrogen (secondary N) is 1. The summed E-state index contributed by atoms with van der Waals surface area (Å²) in [7, 11) is 1.81. The van der Waals surface area contributed by atoms with E-state index in [2.05, 4.69) is 25.4 Å². The second-order valence-electron chi connectivity index (χ2n) is 8.41. The van der Waals surface area contributed by atoms with Crippen LogP contribution in [0.2, 0.25) is 0 Å². The number of urea groups is 1. The van der Waals surface area contributed by atoms with E-state index in [0.29, 0.717) is 24.7 Å². The molecule has 0 atom stereocenters. The van der Waals surface area contributed by atoms with E-state index in [1.54, 1.807) is 14.3 Å². The molecular weight excluding hydrogens is 444 g/mol. The van der Waals surface area contributed by atoms with Crippen LogP contribution in [0, 0.1) is 6.92 Å². The number of benzene rings is 2. The van der Waals surface area contributed by atoms with Crippen LogP contribution in [0.25, 0.3) is 16.6 Å². The molecule has 0 unspecified atom stereocenters. The number of fused-ring (bicyclic) bond motifs is 2. The number of carbonyl (C=O) groups excluding carboxylic acids is 1. The molecule has 5 aromatic rings. The molecular formula is C25H22N8O2. The van der Waals surface area contributed by atoms with Crippen LogP contribution in [0.3, 0.4) is 0 Å². The van der Waals surface area contributed by atoms with E-state index < -0.39 is 0 Å². The molecule has 2 amide bonds. The Hall–Kier alpha value is -4.73. The number of hydrogen-bond acceptors (Lipinski definition) is 7. The largest absolute Gasteiger partial charge is 0.457 e. The van der Waals surface area contributed by atoms with Crippen molar-refractivity contribution in [2.24, 2.45) is 0 Å². The van der Waals surface area contributed by atoms with E-state index >= 15 is 0 Å². The predicted molar refractivity (Wildman–Crippen MR) is 132 cm³/mol. The maximum Gasteiger partial charge on any atom is 0.324 e. The summed E-state index contributed by atoms with van der Waals surface area (Å²) in [5.41, 5.74) is 4.17. The number of rotatable bonds is 5. The number of aryl methyl sites for hydroxylation is 1. The lowest BCUT2D eigenvalue weighted by Crippen LogP contribution is -2.29. The quantitative estimate of drug-likeness (QED) is 0.410. The highest BCUT2D eigenvalue weighted by Gasteiger charge is 2.26. The van der Waals surface area contributed by atoms with Crippen molar-refractivity contribution in [3.63, 3.8) is 0 Å². The molecule has 2 aromatic carbocycles. The minimum atomic E-state index is -0.00918. The van der Waals surface area contributed by atoms with Gasteiger partial charge in [0.1, 0.15) is 30.0 Å². The van der Waals surface area contributed by atoms with Crippen LogP contribution in [0.1, 0.15) is 5.56 Å². The fourth-order valence-electron chi connectivity index (χ4n) is 4.16. The summed E-state index contributed by atoms with van der Waals surface area (Å²) in [4.78, 5) is 29.0. The van der Waals surface area contributed by atoms with Gasteiger partial charge >= 0.3 is 6.03 Å². The average Bonchev–Trinajstić information content (AvgIpc) is 3.47. The van der Waals surface area contributed by atoms with Crippen LogP contribution in [0.15, 0.2) is 67.4 Å². The van der Waals surface area contributed by atoms with Gasteiger partial charge < -0.3 is 15.0 Å². The third-order valence-electron chi connectivity index (χ3n) is 6.06. The second-order valence-corrected chi connectivity index (χ2v) is 8.41. The topological polar surface area (TPSA) is 101 Å². The molecule has 1 aliphatic heterocycles. The molecule has 0 bridgehead atoms. The zero-order valence-electron chi connectivity index (χ0n) is 19.2. The molecule has 10 heteroatoms. The van der Waals surface area contributed by atoms with Gasteiger partial charge in [-0.05, 0) is 55.0 Å². The fourth-order valence-corrected chi connectivity index (χ4v) is 4.16. The zero-order chi connectivity index (χ0) is 23.9. The molecule has 0 radical (unpaired) electrons. The van der Waals surface area contributed by atoms with Crippen molar-refractivity contribution in [1.82, 2.24) is 29.5 Å². The van der Waals surface area contributed by atoms with E-state index in [1.165, 1.54) is 12.7 Å². The first-order valence-electron chi connectivity index (χ1n) is 11.2. The Bertz CT molecular complexity index is 1580. The minimum Gasteiger partial charge on any atom is -0.457 e. The molecule has 3 aromatic heterocycles. The first kappa shape index (κ1) is 20.8. The first-order chi connectivity index (χ1) is 17.0. The highest BCUT2D eigenvalue weighted by Crippen LogP contribution is 2.32. The molecule has 0 saturated carbocycles. The highest BCUT2D eigenvalue weighted by atomic mass is 16.5. The van der Waals surface area contributed by atoms with Crippen molar-refractivity contribution in [3.05, 3.63) is 72.9 Å². The number of carbonyl (C=O) groups is 1. The Morgan fingerprint density at radius 1 is 0.971 bits per heavy atom. The fraction of sp³-hybridized carbons (Fsp3) is 0.160. The van der Waals surface area contributed by atoms with Crippen LogP contribution in [-0.2, 0) is 0 Å².